The largest absolute Gasteiger partial charge is 0.445 e. The fraction of sp³-hybridized carbons (Fsp3) is 0.409. The maximum Gasteiger partial charge on any atom is 0.410 e. The minimum Gasteiger partial charge on any atom is -0.445 e. The topological polar surface area (TPSA) is 59.0 Å². The zero-order valence-electron chi connectivity index (χ0n) is 15.8. The van der Waals surface area contributed by atoms with Crippen LogP contribution in [0.2, 0.25) is 0 Å². The number of rotatable bonds is 3. The number of hydrogen-bond acceptors (Lipinski definition) is 4. The van der Waals surface area contributed by atoms with Gasteiger partial charge in [-0.3, -0.25) is 4.90 Å². The Morgan fingerprint density at radius 1 is 1.18 bits per heavy atom. The van der Waals surface area contributed by atoms with Gasteiger partial charge in [-0.2, -0.15) is 0 Å². The first kappa shape index (κ1) is 18.9. The molecule has 2 fully saturated rings. The van der Waals surface area contributed by atoms with Crippen molar-refractivity contribution in [3.05, 3.63) is 71.0 Å². The highest BCUT2D eigenvalue weighted by Crippen LogP contribution is 2.43. The SMILES string of the molecule is Cc1cccc(F)c1C1(O)CC2COCC(C1)N2C(=O)OCc1ccccc1. The maximum absolute atomic E-state index is 14.5. The second kappa shape index (κ2) is 7.53. The van der Waals surface area contributed by atoms with Crippen LogP contribution >= 0.6 is 0 Å². The van der Waals surface area contributed by atoms with E-state index < -0.39 is 17.5 Å². The van der Waals surface area contributed by atoms with Crippen LogP contribution in [0.3, 0.4) is 0 Å². The Labute approximate surface area is 163 Å². The number of carbonyl (C=O) groups excluding carboxylic acids is 1. The summed E-state index contributed by atoms with van der Waals surface area (Å²) in [6.45, 7) is 2.58. The molecule has 2 aliphatic rings. The average molecular weight is 385 g/mol. The first-order valence-corrected chi connectivity index (χ1v) is 9.53. The van der Waals surface area contributed by atoms with Crippen LogP contribution in [0, 0.1) is 12.7 Å². The van der Waals surface area contributed by atoms with Gasteiger partial charge in [0.05, 0.1) is 30.9 Å². The summed E-state index contributed by atoms with van der Waals surface area (Å²) in [7, 11) is 0. The van der Waals surface area contributed by atoms with Crippen LogP contribution in [0.1, 0.15) is 29.5 Å². The molecule has 0 saturated carbocycles. The molecule has 2 heterocycles. The molecule has 2 aliphatic heterocycles. The zero-order chi connectivity index (χ0) is 19.7. The number of piperidine rings is 1. The summed E-state index contributed by atoms with van der Waals surface area (Å²) >= 11 is 0. The third-order valence-corrected chi connectivity index (χ3v) is 5.66. The number of halogens is 1. The molecule has 28 heavy (non-hydrogen) atoms. The van der Waals surface area contributed by atoms with Crippen molar-refractivity contribution in [1.29, 1.82) is 0 Å². The smallest absolute Gasteiger partial charge is 0.410 e. The van der Waals surface area contributed by atoms with E-state index in [1.807, 2.05) is 30.3 Å². The number of ether oxygens (including phenoxy) is 2. The van der Waals surface area contributed by atoms with Crippen LogP contribution in [-0.2, 0) is 21.7 Å². The van der Waals surface area contributed by atoms with Gasteiger partial charge in [0.1, 0.15) is 12.4 Å². The Bertz CT molecular complexity index is 823. The van der Waals surface area contributed by atoms with Crippen LogP contribution in [-0.4, -0.2) is 41.4 Å². The molecule has 6 heteroatoms. The Balaban J connectivity index is 1.53. The van der Waals surface area contributed by atoms with Crippen LogP contribution < -0.4 is 0 Å². The van der Waals surface area contributed by atoms with Crippen molar-refractivity contribution in [2.75, 3.05) is 13.2 Å². The second-order valence-corrected chi connectivity index (χ2v) is 7.66. The molecule has 2 saturated heterocycles. The number of benzene rings is 2. The first-order chi connectivity index (χ1) is 13.5. The van der Waals surface area contributed by atoms with Crippen molar-refractivity contribution in [1.82, 2.24) is 4.90 Å². The predicted molar refractivity (Wildman–Crippen MR) is 101 cm³/mol. The first-order valence-electron chi connectivity index (χ1n) is 9.53. The standard InChI is InChI=1S/C22H24FNO4/c1-15-6-5-9-19(23)20(15)22(26)10-17-13-27-14-18(11-22)24(17)21(25)28-12-16-7-3-2-4-8-16/h2-9,17-18,26H,10-14H2,1H3. The maximum atomic E-state index is 14.5. The van der Waals surface area contributed by atoms with E-state index in [1.54, 1.807) is 24.0 Å². The Morgan fingerprint density at radius 3 is 2.50 bits per heavy atom. The molecule has 2 aromatic carbocycles. The summed E-state index contributed by atoms with van der Waals surface area (Å²) in [5.74, 6) is -0.415. The number of amides is 1. The number of aryl methyl sites for hydroxylation is 1. The van der Waals surface area contributed by atoms with E-state index in [0.717, 1.165) is 5.56 Å². The molecule has 0 aliphatic carbocycles. The third kappa shape index (κ3) is 3.50. The van der Waals surface area contributed by atoms with Gasteiger partial charge in [-0.15, -0.1) is 0 Å². The van der Waals surface area contributed by atoms with E-state index in [4.69, 9.17) is 9.47 Å². The summed E-state index contributed by atoms with van der Waals surface area (Å²) in [5, 5.41) is 11.3. The van der Waals surface area contributed by atoms with Crippen molar-refractivity contribution in [3.63, 3.8) is 0 Å². The average Bonchev–Trinajstić information content (AvgIpc) is 2.66. The Kier molecular flexibility index (Phi) is 5.08. The lowest BCUT2D eigenvalue weighted by Gasteiger charge is -2.51. The molecule has 1 N–H and O–H groups in total. The molecular weight excluding hydrogens is 361 g/mol. The van der Waals surface area contributed by atoms with E-state index in [1.165, 1.54) is 6.07 Å². The van der Waals surface area contributed by atoms with Gasteiger partial charge < -0.3 is 14.6 Å². The van der Waals surface area contributed by atoms with E-state index in [0.29, 0.717) is 24.3 Å². The Hall–Kier alpha value is -2.44. The van der Waals surface area contributed by atoms with Gasteiger partial charge in [0.2, 0.25) is 0 Å². The lowest BCUT2D eigenvalue weighted by molar-refractivity contribution is -0.138. The molecule has 0 radical (unpaired) electrons. The number of carbonyl (C=O) groups is 1. The van der Waals surface area contributed by atoms with Crippen LogP contribution in [0.5, 0.6) is 0 Å². The minimum atomic E-state index is -1.33. The molecule has 2 atom stereocenters. The van der Waals surface area contributed by atoms with Crippen molar-refractivity contribution in [2.45, 2.75) is 44.1 Å². The summed E-state index contributed by atoms with van der Waals surface area (Å²) in [4.78, 5) is 14.4. The molecule has 1 amide bonds. The van der Waals surface area contributed by atoms with Crippen molar-refractivity contribution < 1.29 is 23.8 Å². The van der Waals surface area contributed by atoms with Crippen molar-refractivity contribution in [2.24, 2.45) is 0 Å². The minimum absolute atomic E-state index is 0.188. The summed E-state index contributed by atoms with van der Waals surface area (Å²) < 4.78 is 25.6. The van der Waals surface area contributed by atoms with E-state index in [-0.39, 0.29) is 31.5 Å². The zero-order valence-corrected chi connectivity index (χ0v) is 15.8. The lowest BCUT2D eigenvalue weighted by atomic mass is 9.75. The monoisotopic (exact) mass is 385 g/mol. The fourth-order valence-electron chi connectivity index (χ4n) is 4.49. The molecular formula is C22H24FNO4. The van der Waals surface area contributed by atoms with Gasteiger partial charge in [0.15, 0.2) is 0 Å². The van der Waals surface area contributed by atoms with Crippen LogP contribution in [0.4, 0.5) is 9.18 Å². The number of aliphatic hydroxyl groups is 1. The highest BCUT2D eigenvalue weighted by atomic mass is 19.1. The number of nitrogens with zero attached hydrogens (tertiary/aromatic N) is 1. The van der Waals surface area contributed by atoms with Crippen LogP contribution in [0.25, 0.3) is 0 Å². The molecule has 2 bridgehead atoms. The number of hydrogen-bond donors (Lipinski definition) is 1. The van der Waals surface area contributed by atoms with E-state index >= 15 is 0 Å². The highest BCUT2D eigenvalue weighted by Gasteiger charge is 2.50. The lowest BCUT2D eigenvalue weighted by Crippen LogP contribution is -2.62. The predicted octanol–water partition coefficient (Wildman–Crippen LogP) is 3.52. The Morgan fingerprint density at radius 2 is 1.86 bits per heavy atom. The molecule has 4 rings (SSSR count). The molecule has 2 unspecified atom stereocenters. The highest BCUT2D eigenvalue weighted by molar-refractivity contribution is 5.69. The molecule has 0 spiro atoms. The fourth-order valence-corrected chi connectivity index (χ4v) is 4.49. The molecule has 0 aromatic heterocycles. The normalized spacial score (nSPS) is 26.8. The van der Waals surface area contributed by atoms with Gasteiger partial charge in [0, 0.05) is 18.4 Å². The number of fused-ring (bicyclic) bond motifs is 2. The van der Waals surface area contributed by atoms with Crippen LogP contribution in [0.15, 0.2) is 48.5 Å². The van der Waals surface area contributed by atoms with Gasteiger partial charge in [-0.1, -0.05) is 42.5 Å². The summed E-state index contributed by atoms with van der Waals surface area (Å²) in [6, 6.07) is 13.6. The quantitative estimate of drug-likeness (QED) is 0.878. The van der Waals surface area contributed by atoms with Gasteiger partial charge in [-0.25, -0.2) is 9.18 Å². The molecule has 148 valence electrons. The summed E-state index contributed by atoms with van der Waals surface area (Å²) in [5.41, 5.74) is 0.614. The van der Waals surface area contributed by atoms with Gasteiger partial charge >= 0.3 is 6.09 Å². The van der Waals surface area contributed by atoms with Crippen molar-refractivity contribution >= 4 is 6.09 Å². The molecule has 2 aromatic rings. The second-order valence-electron chi connectivity index (χ2n) is 7.66. The molecule has 5 nitrogen and oxygen atoms in total. The number of morpholine rings is 1. The van der Waals surface area contributed by atoms with E-state index in [9.17, 15) is 14.3 Å². The van der Waals surface area contributed by atoms with Gasteiger partial charge in [-0.05, 0) is 24.1 Å². The van der Waals surface area contributed by atoms with Crippen molar-refractivity contribution in [3.8, 4) is 0 Å². The summed E-state index contributed by atoms with van der Waals surface area (Å²) in [6.07, 6.45) is 0.00620. The van der Waals surface area contributed by atoms with E-state index in [2.05, 4.69) is 0 Å². The van der Waals surface area contributed by atoms with Gasteiger partial charge in [0.25, 0.3) is 0 Å². The third-order valence-electron chi connectivity index (χ3n) is 5.66.